The lowest BCUT2D eigenvalue weighted by molar-refractivity contribution is -0.140. The number of benzene rings is 4. The number of carbonyl (C=O) groups is 2. The molecule has 242 valence electrons. The van der Waals surface area contributed by atoms with Gasteiger partial charge in [0, 0.05) is 19.0 Å². The molecule has 1 atom stereocenters. The third-order valence-corrected chi connectivity index (χ3v) is 9.02. The number of halogens is 1. The molecule has 0 radical (unpaired) electrons. The minimum Gasteiger partial charge on any atom is -0.497 e. The van der Waals surface area contributed by atoms with E-state index in [1.54, 1.807) is 24.3 Å². The van der Waals surface area contributed by atoms with Crippen molar-refractivity contribution in [3.05, 3.63) is 120 Å². The van der Waals surface area contributed by atoms with Gasteiger partial charge in [0.2, 0.25) is 11.8 Å². The Hall–Kier alpha value is -4.90. The van der Waals surface area contributed by atoms with Gasteiger partial charge in [0.25, 0.3) is 10.0 Å². The average molecular weight is 648 g/mol. The first-order valence-corrected chi connectivity index (χ1v) is 16.2. The number of carbonyl (C=O) groups excluding carboxylic acids is 2. The molecule has 0 saturated heterocycles. The normalized spacial score (nSPS) is 11.9. The van der Waals surface area contributed by atoms with E-state index in [2.05, 4.69) is 5.32 Å². The highest BCUT2D eigenvalue weighted by Crippen LogP contribution is 2.33. The smallest absolute Gasteiger partial charge is 0.264 e. The van der Waals surface area contributed by atoms with Gasteiger partial charge in [0.05, 0.1) is 24.8 Å². The van der Waals surface area contributed by atoms with Gasteiger partial charge in [-0.3, -0.25) is 13.9 Å². The summed E-state index contributed by atoms with van der Waals surface area (Å²) in [5.41, 5.74) is 1.50. The maximum absolute atomic E-state index is 14.5. The average Bonchev–Trinajstić information content (AvgIpc) is 3.06. The van der Waals surface area contributed by atoms with Crippen LogP contribution >= 0.6 is 0 Å². The highest BCUT2D eigenvalue weighted by Gasteiger charge is 2.35. The highest BCUT2D eigenvalue weighted by molar-refractivity contribution is 7.92. The van der Waals surface area contributed by atoms with Gasteiger partial charge >= 0.3 is 0 Å². The molecule has 0 fully saturated rings. The molecule has 0 unspecified atom stereocenters. The van der Waals surface area contributed by atoms with Crippen molar-refractivity contribution in [2.45, 2.75) is 43.8 Å². The standard InChI is InChI=1S/C35H38FN3O6S/c1-25(2)37-35(41)32(22-26-10-6-5-7-11-26)38(23-27-14-16-28(36)17-15-27)34(40)24-39(31-12-8-9-13-33(31)45-4)46(42,43)30-20-18-29(44-3)19-21-30/h5-21,25,32H,22-24H2,1-4H3,(H,37,41)/t32-/m1/s1. The minimum atomic E-state index is -4.34. The molecule has 9 nitrogen and oxygen atoms in total. The van der Waals surface area contributed by atoms with E-state index < -0.39 is 40.2 Å². The van der Waals surface area contributed by atoms with Gasteiger partial charge in [0.1, 0.15) is 29.9 Å². The van der Waals surface area contributed by atoms with Gasteiger partial charge in [-0.05, 0) is 73.5 Å². The first-order valence-electron chi connectivity index (χ1n) is 14.7. The Labute approximate surface area is 269 Å². The molecule has 46 heavy (non-hydrogen) atoms. The molecule has 0 aliphatic carbocycles. The van der Waals surface area contributed by atoms with Crippen LogP contribution in [0.4, 0.5) is 10.1 Å². The van der Waals surface area contributed by atoms with Gasteiger partial charge in [0.15, 0.2) is 0 Å². The van der Waals surface area contributed by atoms with Crippen molar-refractivity contribution >= 4 is 27.5 Å². The predicted octanol–water partition coefficient (Wildman–Crippen LogP) is 5.20. The van der Waals surface area contributed by atoms with E-state index in [0.717, 1.165) is 9.87 Å². The summed E-state index contributed by atoms with van der Waals surface area (Å²) in [5, 5.41) is 2.91. The molecule has 0 aromatic heterocycles. The van der Waals surface area contributed by atoms with Crippen LogP contribution in [0.3, 0.4) is 0 Å². The van der Waals surface area contributed by atoms with E-state index in [9.17, 15) is 22.4 Å². The lowest BCUT2D eigenvalue weighted by atomic mass is 10.0. The van der Waals surface area contributed by atoms with E-state index in [1.807, 2.05) is 44.2 Å². The summed E-state index contributed by atoms with van der Waals surface area (Å²) in [6, 6.07) is 25.9. The molecule has 11 heteroatoms. The SMILES string of the molecule is COc1ccc(S(=O)(=O)N(CC(=O)N(Cc2ccc(F)cc2)[C@H](Cc2ccccc2)C(=O)NC(C)C)c2ccccc2OC)cc1. The minimum absolute atomic E-state index is 0.0736. The number of hydrogen-bond donors (Lipinski definition) is 1. The van der Waals surface area contributed by atoms with Crippen molar-refractivity contribution in [1.82, 2.24) is 10.2 Å². The Bertz CT molecular complexity index is 1720. The summed E-state index contributed by atoms with van der Waals surface area (Å²) in [6.45, 7) is 2.89. The van der Waals surface area contributed by atoms with E-state index in [-0.39, 0.29) is 35.3 Å². The summed E-state index contributed by atoms with van der Waals surface area (Å²) >= 11 is 0. The largest absolute Gasteiger partial charge is 0.497 e. The second-order valence-corrected chi connectivity index (χ2v) is 12.7. The summed E-state index contributed by atoms with van der Waals surface area (Å²) in [5.74, 6) is -0.809. The molecule has 4 rings (SSSR count). The molecular formula is C35H38FN3O6S. The van der Waals surface area contributed by atoms with E-state index >= 15 is 0 Å². The van der Waals surface area contributed by atoms with Crippen LogP contribution in [0, 0.1) is 5.82 Å². The van der Waals surface area contributed by atoms with E-state index in [4.69, 9.17) is 9.47 Å². The van der Waals surface area contributed by atoms with Crippen LogP contribution in [0.5, 0.6) is 11.5 Å². The first-order chi connectivity index (χ1) is 22.0. The molecular weight excluding hydrogens is 609 g/mol. The van der Waals surface area contributed by atoms with Crippen molar-refractivity contribution in [3.63, 3.8) is 0 Å². The third kappa shape index (κ3) is 8.42. The summed E-state index contributed by atoms with van der Waals surface area (Å²) < 4.78 is 54.0. The number of rotatable bonds is 14. The van der Waals surface area contributed by atoms with Gasteiger partial charge in [-0.15, -0.1) is 0 Å². The molecule has 0 spiro atoms. The number of nitrogens with zero attached hydrogens (tertiary/aromatic N) is 2. The fourth-order valence-electron chi connectivity index (χ4n) is 4.95. The van der Waals surface area contributed by atoms with Crippen molar-refractivity contribution in [1.29, 1.82) is 0 Å². The molecule has 0 aliphatic heterocycles. The van der Waals surface area contributed by atoms with Crippen LogP contribution in [0.2, 0.25) is 0 Å². The number of nitrogens with one attached hydrogen (secondary N) is 1. The van der Waals surface area contributed by atoms with Crippen molar-refractivity contribution in [3.8, 4) is 11.5 Å². The quantitative estimate of drug-likeness (QED) is 0.202. The number of hydrogen-bond acceptors (Lipinski definition) is 6. The number of amides is 2. The Kier molecular flexibility index (Phi) is 11.4. The third-order valence-electron chi connectivity index (χ3n) is 7.25. The number of ether oxygens (including phenoxy) is 2. The van der Waals surface area contributed by atoms with Crippen molar-refractivity contribution < 1.29 is 31.9 Å². The molecule has 1 N–H and O–H groups in total. The van der Waals surface area contributed by atoms with Crippen LogP contribution in [0.25, 0.3) is 0 Å². The van der Waals surface area contributed by atoms with Crippen LogP contribution in [-0.4, -0.2) is 58.0 Å². The topological polar surface area (TPSA) is 105 Å². The van der Waals surface area contributed by atoms with Crippen LogP contribution in [0.15, 0.2) is 108 Å². The number of anilines is 1. The lowest BCUT2D eigenvalue weighted by Crippen LogP contribution is -2.54. The maximum Gasteiger partial charge on any atom is 0.264 e. The van der Waals surface area contributed by atoms with Crippen LogP contribution in [-0.2, 0) is 32.6 Å². The first kappa shape index (κ1) is 34.0. The molecule has 0 saturated carbocycles. The molecule has 0 heterocycles. The fourth-order valence-corrected chi connectivity index (χ4v) is 6.37. The molecule has 2 amide bonds. The van der Waals surface area contributed by atoms with E-state index in [0.29, 0.717) is 11.3 Å². The van der Waals surface area contributed by atoms with Crippen LogP contribution in [0.1, 0.15) is 25.0 Å². The maximum atomic E-state index is 14.5. The predicted molar refractivity (Wildman–Crippen MR) is 175 cm³/mol. The Morgan fingerprint density at radius 3 is 2.04 bits per heavy atom. The lowest BCUT2D eigenvalue weighted by Gasteiger charge is -2.34. The molecule has 0 bridgehead atoms. The Morgan fingerprint density at radius 2 is 1.43 bits per heavy atom. The summed E-state index contributed by atoms with van der Waals surface area (Å²) in [7, 11) is -1.46. The van der Waals surface area contributed by atoms with Gasteiger partial charge in [-0.1, -0.05) is 54.6 Å². The fraction of sp³-hybridized carbons (Fsp3) is 0.257. The summed E-state index contributed by atoms with van der Waals surface area (Å²) in [6.07, 6.45) is 0.159. The van der Waals surface area contributed by atoms with Crippen LogP contribution < -0.4 is 19.1 Å². The molecule has 0 aliphatic rings. The highest BCUT2D eigenvalue weighted by atomic mass is 32.2. The van der Waals surface area contributed by atoms with Gasteiger partial charge < -0.3 is 19.7 Å². The van der Waals surface area contributed by atoms with Crippen molar-refractivity contribution in [2.24, 2.45) is 0 Å². The molecule has 4 aromatic carbocycles. The zero-order chi connectivity index (χ0) is 33.3. The zero-order valence-corrected chi connectivity index (χ0v) is 27.0. The second kappa shape index (κ2) is 15.4. The number of methoxy groups -OCH3 is 2. The number of sulfonamides is 1. The van der Waals surface area contributed by atoms with Gasteiger partial charge in [-0.2, -0.15) is 0 Å². The zero-order valence-electron chi connectivity index (χ0n) is 26.2. The van der Waals surface area contributed by atoms with E-state index in [1.165, 1.54) is 67.7 Å². The Balaban J connectivity index is 1.83. The van der Waals surface area contributed by atoms with Crippen molar-refractivity contribution in [2.75, 3.05) is 25.1 Å². The monoisotopic (exact) mass is 647 g/mol. The molecule has 4 aromatic rings. The summed E-state index contributed by atoms with van der Waals surface area (Å²) in [4.78, 5) is 29.5. The number of para-hydroxylation sites is 2. The Morgan fingerprint density at radius 1 is 0.804 bits per heavy atom. The van der Waals surface area contributed by atoms with Gasteiger partial charge in [-0.25, -0.2) is 12.8 Å². The second-order valence-electron chi connectivity index (χ2n) is 10.9.